The number of benzene rings is 2. The Kier molecular flexibility index (Phi) is 4.76. The molecule has 0 bridgehead atoms. The van der Waals surface area contributed by atoms with Crippen LogP contribution >= 0.6 is 0 Å². The van der Waals surface area contributed by atoms with Gasteiger partial charge in [0, 0.05) is 11.1 Å². The first kappa shape index (κ1) is 15.6. The lowest BCUT2D eigenvalue weighted by Crippen LogP contribution is -2.13. The van der Waals surface area contributed by atoms with Crippen LogP contribution in [0.3, 0.4) is 0 Å². The van der Waals surface area contributed by atoms with E-state index in [-0.39, 0.29) is 6.61 Å². The molecule has 2 aromatic carbocycles. The van der Waals surface area contributed by atoms with Crippen LogP contribution in [0.4, 0.5) is 0 Å². The zero-order valence-corrected chi connectivity index (χ0v) is 13.2. The zero-order valence-electron chi connectivity index (χ0n) is 13.2. The van der Waals surface area contributed by atoms with Gasteiger partial charge in [0.2, 0.25) is 5.89 Å². The maximum atomic E-state index is 5.85. The molecule has 0 aliphatic carbocycles. The summed E-state index contributed by atoms with van der Waals surface area (Å²) in [5.74, 6) is 1.60. The molecule has 0 radical (unpaired) electrons. The maximum absolute atomic E-state index is 5.85. The first-order chi connectivity index (χ1) is 11.8. The van der Waals surface area contributed by atoms with Crippen LogP contribution in [-0.4, -0.2) is 17.9 Å². The molecular weight excluding hydrogens is 306 g/mol. The van der Waals surface area contributed by atoms with Crippen molar-refractivity contribution in [1.82, 2.24) is 4.98 Å². The normalized spacial score (nSPS) is 11.3. The Morgan fingerprint density at radius 2 is 1.88 bits per heavy atom. The van der Waals surface area contributed by atoms with E-state index in [4.69, 9.17) is 19.7 Å². The van der Waals surface area contributed by atoms with Crippen LogP contribution < -0.4 is 10.5 Å². The van der Waals surface area contributed by atoms with E-state index < -0.39 is 0 Å². The molecule has 0 unspecified atom stereocenters. The van der Waals surface area contributed by atoms with Gasteiger partial charge in [-0.3, -0.25) is 0 Å². The van der Waals surface area contributed by atoms with Gasteiger partial charge in [0.25, 0.3) is 0 Å². The van der Waals surface area contributed by atoms with Gasteiger partial charge in [-0.1, -0.05) is 35.5 Å². The fourth-order valence-electron chi connectivity index (χ4n) is 2.07. The molecule has 0 spiro atoms. The predicted molar refractivity (Wildman–Crippen MR) is 90.4 cm³/mol. The summed E-state index contributed by atoms with van der Waals surface area (Å²) in [6.45, 7) is 0.174. The fraction of sp³-hybridized carbons (Fsp3) is 0.111. The molecule has 0 aliphatic rings. The van der Waals surface area contributed by atoms with E-state index in [0.717, 1.165) is 16.9 Å². The summed E-state index contributed by atoms with van der Waals surface area (Å²) in [5, 5.41) is 3.89. The Morgan fingerprint density at radius 1 is 1.12 bits per heavy atom. The van der Waals surface area contributed by atoms with Gasteiger partial charge in [-0.2, -0.15) is 0 Å². The second-order valence-electron chi connectivity index (χ2n) is 4.99. The standard InChI is InChI=1S/C18H17N3O3/c1-22-16-9-7-14(8-10-16)18-20-15(11-23-18)12-24-21-17(19)13-5-3-2-4-6-13/h2-11H,12H2,1H3,(H2,19,21). The monoisotopic (exact) mass is 323 g/mol. The molecule has 0 fully saturated rings. The van der Waals surface area contributed by atoms with Crippen molar-refractivity contribution in [2.45, 2.75) is 6.61 Å². The van der Waals surface area contributed by atoms with Crippen LogP contribution in [0.1, 0.15) is 11.3 Å². The first-order valence-corrected chi connectivity index (χ1v) is 7.36. The molecule has 2 N–H and O–H groups in total. The number of nitrogens with two attached hydrogens (primary N) is 1. The molecule has 0 amide bonds. The SMILES string of the molecule is COc1ccc(-c2nc(CO/N=C(\N)c3ccccc3)co2)cc1. The van der Waals surface area contributed by atoms with Gasteiger partial charge in [0.05, 0.1) is 7.11 Å². The van der Waals surface area contributed by atoms with E-state index in [2.05, 4.69) is 10.1 Å². The molecular formula is C18H17N3O3. The fourth-order valence-corrected chi connectivity index (χ4v) is 2.07. The highest BCUT2D eigenvalue weighted by atomic mass is 16.6. The van der Waals surface area contributed by atoms with Crippen molar-refractivity contribution in [2.24, 2.45) is 10.9 Å². The highest BCUT2D eigenvalue weighted by molar-refractivity contribution is 5.96. The molecule has 0 saturated heterocycles. The number of ether oxygens (including phenoxy) is 1. The highest BCUT2D eigenvalue weighted by Gasteiger charge is 2.07. The van der Waals surface area contributed by atoms with Crippen LogP contribution in [0.25, 0.3) is 11.5 Å². The number of hydrogen-bond acceptors (Lipinski definition) is 5. The number of hydrogen-bond donors (Lipinski definition) is 1. The van der Waals surface area contributed by atoms with E-state index in [9.17, 15) is 0 Å². The van der Waals surface area contributed by atoms with E-state index in [0.29, 0.717) is 17.4 Å². The van der Waals surface area contributed by atoms with Crippen molar-refractivity contribution in [2.75, 3.05) is 7.11 Å². The average Bonchev–Trinajstić information content (AvgIpc) is 3.11. The van der Waals surface area contributed by atoms with Gasteiger partial charge in [-0.25, -0.2) is 4.98 Å². The van der Waals surface area contributed by atoms with E-state index in [1.54, 1.807) is 7.11 Å². The second-order valence-corrected chi connectivity index (χ2v) is 4.99. The van der Waals surface area contributed by atoms with Crippen molar-refractivity contribution in [3.63, 3.8) is 0 Å². The van der Waals surface area contributed by atoms with Gasteiger partial charge in [-0.05, 0) is 24.3 Å². The molecule has 0 aliphatic heterocycles. The lowest BCUT2D eigenvalue weighted by atomic mass is 10.2. The predicted octanol–water partition coefficient (Wildman–Crippen LogP) is 3.19. The Labute approximate surface area is 139 Å². The summed E-state index contributed by atoms with van der Waals surface area (Å²) in [4.78, 5) is 9.61. The van der Waals surface area contributed by atoms with Gasteiger partial charge in [0.1, 0.15) is 17.7 Å². The number of nitrogens with zero attached hydrogens (tertiary/aromatic N) is 2. The average molecular weight is 323 g/mol. The lowest BCUT2D eigenvalue weighted by Gasteiger charge is -2.00. The molecule has 0 atom stereocenters. The smallest absolute Gasteiger partial charge is 0.226 e. The third-order valence-corrected chi connectivity index (χ3v) is 3.33. The van der Waals surface area contributed by atoms with Crippen LogP contribution in [0.2, 0.25) is 0 Å². The number of aromatic nitrogens is 1. The number of amidine groups is 1. The van der Waals surface area contributed by atoms with E-state index in [1.165, 1.54) is 6.26 Å². The van der Waals surface area contributed by atoms with E-state index >= 15 is 0 Å². The number of methoxy groups -OCH3 is 1. The highest BCUT2D eigenvalue weighted by Crippen LogP contribution is 2.21. The summed E-state index contributed by atoms with van der Waals surface area (Å²) >= 11 is 0. The maximum Gasteiger partial charge on any atom is 0.226 e. The molecule has 6 heteroatoms. The lowest BCUT2D eigenvalue weighted by molar-refractivity contribution is 0.127. The summed E-state index contributed by atoms with van der Waals surface area (Å²) < 4.78 is 10.6. The third kappa shape index (κ3) is 3.73. The summed E-state index contributed by atoms with van der Waals surface area (Å²) in [6, 6.07) is 16.9. The van der Waals surface area contributed by atoms with Crippen molar-refractivity contribution < 1.29 is 14.0 Å². The Morgan fingerprint density at radius 3 is 2.58 bits per heavy atom. The first-order valence-electron chi connectivity index (χ1n) is 7.36. The second kappa shape index (κ2) is 7.32. The van der Waals surface area contributed by atoms with Gasteiger partial charge >= 0.3 is 0 Å². The van der Waals surface area contributed by atoms with Gasteiger partial charge in [0.15, 0.2) is 12.4 Å². The Hall–Kier alpha value is -3.28. The Balaban J connectivity index is 1.62. The zero-order chi connectivity index (χ0) is 16.8. The topological polar surface area (TPSA) is 82.9 Å². The molecule has 122 valence electrons. The third-order valence-electron chi connectivity index (χ3n) is 3.33. The van der Waals surface area contributed by atoms with Crippen LogP contribution in [0.5, 0.6) is 5.75 Å². The van der Waals surface area contributed by atoms with Crippen LogP contribution in [-0.2, 0) is 11.4 Å². The minimum absolute atomic E-state index is 0.174. The minimum Gasteiger partial charge on any atom is -0.497 e. The number of rotatable bonds is 6. The molecule has 1 aromatic heterocycles. The van der Waals surface area contributed by atoms with Crippen LogP contribution in [0.15, 0.2) is 70.4 Å². The van der Waals surface area contributed by atoms with Crippen molar-refractivity contribution >= 4 is 5.84 Å². The summed E-state index contributed by atoms with van der Waals surface area (Å²) in [5.41, 5.74) is 8.14. The quantitative estimate of drug-likeness (QED) is 0.428. The molecule has 24 heavy (non-hydrogen) atoms. The van der Waals surface area contributed by atoms with Crippen molar-refractivity contribution in [1.29, 1.82) is 0 Å². The summed E-state index contributed by atoms with van der Waals surface area (Å²) in [7, 11) is 1.62. The van der Waals surface area contributed by atoms with Crippen molar-refractivity contribution in [3.05, 3.63) is 72.1 Å². The Bertz CT molecular complexity index is 811. The molecule has 3 rings (SSSR count). The minimum atomic E-state index is 0.174. The van der Waals surface area contributed by atoms with Crippen LogP contribution in [0, 0.1) is 0 Å². The molecule has 6 nitrogen and oxygen atoms in total. The largest absolute Gasteiger partial charge is 0.497 e. The molecule has 1 heterocycles. The van der Waals surface area contributed by atoms with E-state index in [1.807, 2.05) is 54.6 Å². The number of oxazole rings is 1. The number of oxime groups is 1. The van der Waals surface area contributed by atoms with Crippen molar-refractivity contribution in [3.8, 4) is 17.2 Å². The van der Waals surface area contributed by atoms with Gasteiger partial charge in [-0.15, -0.1) is 0 Å². The molecule has 3 aromatic rings. The molecule has 0 saturated carbocycles. The summed E-state index contributed by atoms with van der Waals surface area (Å²) in [6.07, 6.45) is 1.54. The van der Waals surface area contributed by atoms with Gasteiger partial charge < -0.3 is 19.7 Å².